The van der Waals surface area contributed by atoms with Gasteiger partial charge in [0.05, 0.1) is 31.9 Å². The highest BCUT2D eigenvalue weighted by Gasteiger charge is 2.47. The summed E-state index contributed by atoms with van der Waals surface area (Å²) >= 11 is 0. The van der Waals surface area contributed by atoms with Crippen LogP contribution >= 0.6 is 0 Å². The van der Waals surface area contributed by atoms with Gasteiger partial charge in [0.2, 0.25) is 0 Å². The highest BCUT2D eigenvalue weighted by Crippen LogP contribution is 2.43. The van der Waals surface area contributed by atoms with Crippen LogP contribution in [0.1, 0.15) is 44.9 Å². The predicted molar refractivity (Wildman–Crippen MR) is 139 cm³/mol. The van der Waals surface area contributed by atoms with Crippen molar-refractivity contribution in [3.05, 3.63) is 59.2 Å². The average Bonchev–Trinajstić information content (AvgIpc) is 3.13. The smallest absolute Gasteiger partial charge is 0.295 e. The van der Waals surface area contributed by atoms with Gasteiger partial charge in [0.15, 0.2) is 0 Å². The van der Waals surface area contributed by atoms with E-state index in [1.165, 1.54) is 12.0 Å². The molecule has 36 heavy (non-hydrogen) atoms. The van der Waals surface area contributed by atoms with E-state index in [1.54, 1.807) is 49.6 Å². The summed E-state index contributed by atoms with van der Waals surface area (Å²) in [4.78, 5) is 30.3. The van der Waals surface area contributed by atoms with Crippen LogP contribution in [0.3, 0.4) is 0 Å². The van der Waals surface area contributed by atoms with Crippen LogP contribution in [0.25, 0.3) is 5.76 Å². The Balaban J connectivity index is 2.15. The molecule has 8 heteroatoms. The second-order valence-corrected chi connectivity index (χ2v) is 8.82. The van der Waals surface area contributed by atoms with Gasteiger partial charge in [0, 0.05) is 24.2 Å². The summed E-state index contributed by atoms with van der Waals surface area (Å²) in [6.45, 7) is 10.5. The van der Waals surface area contributed by atoms with E-state index < -0.39 is 17.7 Å². The van der Waals surface area contributed by atoms with Gasteiger partial charge in [0.1, 0.15) is 23.0 Å². The monoisotopic (exact) mass is 496 g/mol. The second-order valence-electron chi connectivity index (χ2n) is 8.82. The number of aliphatic hydroxyl groups is 1. The predicted octanol–water partition coefficient (Wildman–Crippen LogP) is 4.25. The lowest BCUT2D eigenvalue weighted by molar-refractivity contribution is -0.140. The van der Waals surface area contributed by atoms with Crippen molar-refractivity contribution in [2.75, 3.05) is 40.4 Å². The summed E-state index contributed by atoms with van der Waals surface area (Å²) in [6.07, 6.45) is 0.00102. The molecule has 0 aliphatic carbocycles. The number of carbonyl (C=O) groups excluding carboxylic acids is 2. The molecule has 2 aromatic rings. The molecule has 1 fully saturated rings. The zero-order valence-corrected chi connectivity index (χ0v) is 21.9. The number of rotatable bonds is 11. The van der Waals surface area contributed by atoms with E-state index in [-0.39, 0.29) is 17.4 Å². The molecule has 1 atom stereocenters. The first-order chi connectivity index (χ1) is 17.2. The summed E-state index contributed by atoms with van der Waals surface area (Å²) in [5.41, 5.74) is 1.00. The fourth-order valence-electron chi connectivity index (χ4n) is 4.40. The van der Waals surface area contributed by atoms with Gasteiger partial charge in [-0.3, -0.25) is 9.59 Å². The molecule has 1 heterocycles. The number of likely N-dealkylation sites (N-methyl/N-ethyl adjacent to an activating group) is 1. The maximum absolute atomic E-state index is 13.3. The van der Waals surface area contributed by atoms with Crippen LogP contribution in [-0.4, -0.2) is 73.1 Å². The number of Topliss-reactive ketones (excluding diaryl/α,β-unsaturated/α-hetero) is 1. The number of benzene rings is 2. The Hall–Kier alpha value is -3.52. The molecule has 1 unspecified atom stereocenters. The van der Waals surface area contributed by atoms with Crippen molar-refractivity contribution in [1.82, 2.24) is 9.80 Å². The Morgan fingerprint density at radius 1 is 1.00 bits per heavy atom. The number of methoxy groups -OCH3 is 2. The minimum Gasteiger partial charge on any atom is -0.507 e. The molecule has 0 aromatic heterocycles. The third-order valence-corrected chi connectivity index (χ3v) is 6.32. The lowest BCUT2D eigenvalue weighted by Crippen LogP contribution is -2.38. The fourth-order valence-corrected chi connectivity index (χ4v) is 4.40. The maximum atomic E-state index is 13.3. The van der Waals surface area contributed by atoms with Gasteiger partial charge >= 0.3 is 0 Å². The number of hydrogen-bond donors (Lipinski definition) is 1. The molecule has 0 bridgehead atoms. The molecule has 1 saturated heterocycles. The first kappa shape index (κ1) is 27.1. The van der Waals surface area contributed by atoms with Crippen molar-refractivity contribution in [3.8, 4) is 17.2 Å². The Labute approximate surface area is 213 Å². The van der Waals surface area contributed by atoms with E-state index in [4.69, 9.17) is 14.2 Å². The fraction of sp³-hybridized carbons (Fsp3) is 0.429. The van der Waals surface area contributed by atoms with Gasteiger partial charge < -0.3 is 29.1 Å². The number of ether oxygens (including phenoxy) is 3. The van der Waals surface area contributed by atoms with E-state index in [1.807, 2.05) is 27.7 Å². The largest absolute Gasteiger partial charge is 0.507 e. The highest BCUT2D eigenvalue weighted by atomic mass is 16.5. The van der Waals surface area contributed by atoms with Gasteiger partial charge in [-0.15, -0.1) is 0 Å². The van der Waals surface area contributed by atoms with Crippen LogP contribution in [-0.2, 0) is 9.59 Å². The summed E-state index contributed by atoms with van der Waals surface area (Å²) in [5.74, 6) is 0.0529. The molecule has 0 spiro atoms. The molecule has 8 nitrogen and oxygen atoms in total. The normalized spacial score (nSPS) is 17.2. The molecular formula is C28H36N2O6. The van der Waals surface area contributed by atoms with E-state index in [2.05, 4.69) is 4.90 Å². The number of carbonyl (C=O) groups is 2. The number of hydrogen-bond acceptors (Lipinski definition) is 7. The van der Waals surface area contributed by atoms with Gasteiger partial charge in [0.25, 0.3) is 11.7 Å². The molecule has 3 rings (SSSR count). The van der Waals surface area contributed by atoms with Crippen molar-refractivity contribution >= 4 is 17.4 Å². The van der Waals surface area contributed by atoms with Crippen LogP contribution < -0.4 is 14.2 Å². The minimum atomic E-state index is -0.836. The van der Waals surface area contributed by atoms with Crippen molar-refractivity contribution < 1.29 is 28.9 Å². The second kappa shape index (κ2) is 11.9. The molecule has 2 aromatic carbocycles. The average molecular weight is 497 g/mol. The molecular weight excluding hydrogens is 460 g/mol. The molecule has 1 N–H and O–H groups in total. The van der Waals surface area contributed by atoms with Crippen LogP contribution in [0.5, 0.6) is 17.2 Å². The van der Waals surface area contributed by atoms with Gasteiger partial charge in [-0.1, -0.05) is 13.8 Å². The van der Waals surface area contributed by atoms with E-state index >= 15 is 0 Å². The third-order valence-electron chi connectivity index (χ3n) is 6.32. The number of amides is 1. The number of likely N-dealkylation sites (tertiary alicyclic amines) is 1. The summed E-state index contributed by atoms with van der Waals surface area (Å²) < 4.78 is 16.7. The quantitative estimate of drug-likeness (QED) is 0.283. The standard InChI is InChI=1S/C28H36N2O6/c1-7-29(8-2)15-16-30-25(22-17-21(34-5)13-14-23(22)35-6)24(27(32)28(30)33)26(31)19-9-11-20(12-10-19)36-18(3)4/h9-14,17-18,25,31H,7-8,15-16H2,1-6H3/b26-24+. The number of ketones is 1. The molecule has 0 radical (unpaired) electrons. The zero-order valence-electron chi connectivity index (χ0n) is 21.9. The molecule has 0 saturated carbocycles. The van der Waals surface area contributed by atoms with Crippen molar-refractivity contribution in [2.24, 2.45) is 0 Å². The van der Waals surface area contributed by atoms with E-state index in [0.717, 1.165) is 13.1 Å². The molecule has 1 aliphatic rings. The minimum absolute atomic E-state index is 0.00102. The van der Waals surface area contributed by atoms with E-state index in [9.17, 15) is 14.7 Å². The zero-order chi connectivity index (χ0) is 26.4. The Kier molecular flexibility index (Phi) is 8.98. The van der Waals surface area contributed by atoms with Crippen LogP contribution in [0.2, 0.25) is 0 Å². The SMILES string of the molecule is CCN(CC)CCN1C(=O)C(=O)/C(=C(/O)c2ccc(OC(C)C)cc2)C1c1cc(OC)ccc1OC. The van der Waals surface area contributed by atoms with Gasteiger partial charge in [-0.05, 0) is 69.4 Å². The lowest BCUT2D eigenvalue weighted by atomic mass is 9.94. The van der Waals surface area contributed by atoms with Crippen molar-refractivity contribution in [1.29, 1.82) is 0 Å². The topological polar surface area (TPSA) is 88.5 Å². The summed E-state index contributed by atoms with van der Waals surface area (Å²) in [5, 5.41) is 11.3. The molecule has 1 aliphatic heterocycles. The van der Waals surface area contributed by atoms with Crippen LogP contribution in [0, 0.1) is 0 Å². The number of nitrogens with zero attached hydrogens (tertiary/aromatic N) is 2. The Bertz CT molecular complexity index is 1110. The summed E-state index contributed by atoms with van der Waals surface area (Å²) in [6, 6.07) is 11.2. The summed E-state index contributed by atoms with van der Waals surface area (Å²) in [7, 11) is 3.07. The van der Waals surface area contributed by atoms with Gasteiger partial charge in [-0.25, -0.2) is 0 Å². The molecule has 1 amide bonds. The first-order valence-corrected chi connectivity index (χ1v) is 12.2. The Morgan fingerprint density at radius 2 is 1.64 bits per heavy atom. The highest BCUT2D eigenvalue weighted by molar-refractivity contribution is 6.46. The van der Waals surface area contributed by atoms with Crippen molar-refractivity contribution in [3.63, 3.8) is 0 Å². The number of aliphatic hydroxyl groups excluding tert-OH is 1. The first-order valence-electron chi connectivity index (χ1n) is 12.2. The van der Waals surface area contributed by atoms with Crippen LogP contribution in [0.4, 0.5) is 0 Å². The van der Waals surface area contributed by atoms with Crippen molar-refractivity contribution in [2.45, 2.75) is 39.8 Å². The van der Waals surface area contributed by atoms with E-state index in [0.29, 0.717) is 41.5 Å². The van der Waals surface area contributed by atoms with Gasteiger partial charge in [-0.2, -0.15) is 0 Å². The lowest BCUT2D eigenvalue weighted by Gasteiger charge is -2.29. The molecule has 194 valence electrons. The van der Waals surface area contributed by atoms with Crippen LogP contribution in [0.15, 0.2) is 48.0 Å². The Morgan fingerprint density at radius 3 is 2.19 bits per heavy atom. The maximum Gasteiger partial charge on any atom is 0.295 e. The third kappa shape index (κ3) is 5.65.